The monoisotopic (exact) mass is 354 g/mol. The average molecular weight is 355 g/mol. The highest BCUT2D eigenvalue weighted by Gasteiger charge is 2.37. The zero-order chi connectivity index (χ0) is 16.7. The van der Waals surface area contributed by atoms with E-state index >= 15 is 0 Å². The SMILES string of the molecule is CNN1C(C)=NN(c2c(Cl)cc(C(F)(F)F)cc2Cl)C1C=O. The lowest BCUT2D eigenvalue weighted by Crippen LogP contribution is -2.49. The van der Waals surface area contributed by atoms with Gasteiger partial charge in [0.1, 0.15) is 5.84 Å². The van der Waals surface area contributed by atoms with Crippen LogP contribution in [-0.4, -0.2) is 30.3 Å². The zero-order valence-corrected chi connectivity index (χ0v) is 13.0. The van der Waals surface area contributed by atoms with Crippen LogP contribution in [-0.2, 0) is 11.0 Å². The van der Waals surface area contributed by atoms with Gasteiger partial charge in [-0.25, -0.2) is 10.4 Å². The molecule has 22 heavy (non-hydrogen) atoms. The molecule has 0 bridgehead atoms. The van der Waals surface area contributed by atoms with Gasteiger partial charge in [0.25, 0.3) is 0 Å². The van der Waals surface area contributed by atoms with Crippen molar-refractivity contribution in [2.24, 2.45) is 5.10 Å². The summed E-state index contributed by atoms with van der Waals surface area (Å²) in [6, 6.07) is 1.50. The summed E-state index contributed by atoms with van der Waals surface area (Å²) in [7, 11) is 1.58. The van der Waals surface area contributed by atoms with Gasteiger partial charge in [-0.3, -0.25) is 9.80 Å². The number of rotatable bonds is 3. The maximum atomic E-state index is 12.7. The standard InChI is InChI=1S/C12H11Cl2F3N4O/c1-6-19-21(10(5-22)20(6)18-2)11-8(13)3-7(4-9(11)14)12(15,16)17/h3-5,10,18H,1-2H3. The van der Waals surface area contributed by atoms with E-state index in [0.717, 1.165) is 12.1 Å². The molecular formula is C12H11Cl2F3N4O. The number of nitrogens with one attached hydrogen (secondary N) is 1. The molecule has 1 aliphatic rings. The van der Waals surface area contributed by atoms with Gasteiger partial charge >= 0.3 is 6.18 Å². The van der Waals surface area contributed by atoms with E-state index in [1.807, 2.05) is 0 Å². The Hall–Kier alpha value is -1.51. The van der Waals surface area contributed by atoms with Gasteiger partial charge in [0.2, 0.25) is 0 Å². The topological polar surface area (TPSA) is 47.9 Å². The first kappa shape index (κ1) is 16.9. The molecule has 1 aromatic rings. The fourth-order valence-electron chi connectivity index (χ4n) is 2.11. The molecule has 0 spiro atoms. The number of halogens is 5. The van der Waals surface area contributed by atoms with E-state index in [1.54, 1.807) is 14.0 Å². The fraction of sp³-hybridized carbons (Fsp3) is 0.333. The van der Waals surface area contributed by atoms with Gasteiger partial charge in [-0.05, 0) is 19.1 Å². The number of carbonyl (C=O) groups excluding carboxylic acids is 1. The summed E-state index contributed by atoms with van der Waals surface area (Å²) in [4.78, 5) is 11.3. The predicted molar refractivity (Wildman–Crippen MR) is 77.8 cm³/mol. The Labute approximate surface area is 134 Å². The molecule has 5 nitrogen and oxygen atoms in total. The second-order valence-corrected chi connectivity index (χ2v) is 5.24. The Bertz CT molecular complexity index is 612. The Morgan fingerprint density at radius 3 is 2.27 bits per heavy atom. The number of hydrogen-bond acceptors (Lipinski definition) is 5. The van der Waals surface area contributed by atoms with E-state index in [1.165, 1.54) is 10.0 Å². The lowest BCUT2D eigenvalue weighted by atomic mass is 10.2. The van der Waals surface area contributed by atoms with Gasteiger partial charge in [-0.1, -0.05) is 23.2 Å². The molecule has 0 fully saturated rings. The molecule has 1 aromatic carbocycles. The van der Waals surface area contributed by atoms with Crippen molar-refractivity contribution in [2.75, 3.05) is 12.1 Å². The van der Waals surface area contributed by atoms with Crippen LogP contribution in [0.4, 0.5) is 18.9 Å². The molecule has 10 heteroatoms. The molecule has 1 unspecified atom stereocenters. The summed E-state index contributed by atoms with van der Waals surface area (Å²) in [5.74, 6) is 0.437. The van der Waals surface area contributed by atoms with Crippen LogP contribution in [0.1, 0.15) is 12.5 Å². The molecule has 2 rings (SSSR count). The molecule has 1 N–H and O–H groups in total. The molecule has 0 saturated heterocycles. The summed E-state index contributed by atoms with van der Waals surface area (Å²) in [5, 5.41) is 6.21. The lowest BCUT2D eigenvalue weighted by molar-refractivity contribution is -0.137. The van der Waals surface area contributed by atoms with Gasteiger partial charge in [0.05, 0.1) is 21.3 Å². The first-order valence-electron chi connectivity index (χ1n) is 6.03. The number of hydrogen-bond donors (Lipinski definition) is 1. The number of hydrazine groups is 1. The lowest BCUT2D eigenvalue weighted by Gasteiger charge is -2.27. The highest BCUT2D eigenvalue weighted by molar-refractivity contribution is 6.39. The molecule has 0 radical (unpaired) electrons. The number of alkyl halides is 3. The van der Waals surface area contributed by atoms with Gasteiger partial charge in [0, 0.05) is 7.05 Å². The van der Waals surface area contributed by atoms with E-state index in [9.17, 15) is 18.0 Å². The maximum Gasteiger partial charge on any atom is 0.416 e. The highest BCUT2D eigenvalue weighted by atomic mass is 35.5. The van der Waals surface area contributed by atoms with Crippen molar-refractivity contribution in [2.45, 2.75) is 19.3 Å². The van der Waals surface area contributed by atoms with Gasteiger partial charge in [0.15, 0.2) is 12.5 Å². The van der Waals surface area contributed by atoms with Crippen LogP contribution in [0.15, 0.2) is 17.2 Å². The number of amidine groups is 1. The van der Waals surface area contributed by atoms with E-state index < -0.39 is 17.9 Å². The second-order valence-electron chi connectivity index (χ2n) is 4.42. The van der Waals surface area contributed by atoms with Gasteiger partial charge in [-0.2, -0.15) is 18.3 Å². The molecule has 0 aromatic heterocycles. The van der Waals surface area contributed by atoms with E-state index in [4.69, 9.17) is 23.2 Å². The average Bonchev–Trinajstić information content (AvgIpc) is 2.72. The number of nitrogens with zero attached hydrogens (tertiary/aromatic N) is 3. The summed E-state index contributed by atoms with van der Waals surface area (Å²) >= 11 is 11.9. The summed E-state index contributed by atoms with van der Waals surface area (Å²) in [6.07, 6.45) is -4.91. The number of benzene rings is 1. The minimum Gasteiger partial charge on any atom is -0.299 e. The Morgan fingerprint density at radius 2 is 1.86 bits per heavy atom. The smallest absolute Gasteiger partial charge is 0.299 e. The predicted octanol–water partition coefficient (Wildman–Crippen LogP) is 3.13. The number of aldehydes is 1. The van der Waals surface area contributed by atoms with Crippen LogP contribution in [0.25, 0.3) is 0 Å². The normalized spacial score (nSPS) is 18.7. The van der Waals surface area contributed by atoms with Crippen LogP contribution < -0.4 is 10.4 Å². The third-order valence-corrected chi connectivity index (χ3v) is 3.63. The van der Waals surface area contributed by atoms with Crippen LogP contribution in [0, 0.1) is 0 Å². The molecular weight excluding hydrogens is 344 g/mol. The van der Waals surface area contributed by atoms with Gasteiger partial charge < -0.3 is 0 Å². The van der Waals surface area contributed by atoms with Crippen LogP contribution in [0.3, 0.4) is 0 Å². The number of carbonyl (C=O) groups is 1. The van der Waals surface area contributed by atoms with Crippen molar-refractivity contribution in [1.29, 1.82) is 0 Å². The largest absolute Gasteiger partial charge is 0.416 e. The van der Waals surface area contributed by atoms with Crippen LogP contribution in [0.2, 0.25) is 10.0 Å². The number of anilines is 1. The molecule has 0 saturated carbocycles. The fourth-order valence-corrected chi connectivity index (χ4v) is 2.77. The zero-order valence-electron chi connectivity index (χ0n) is 11.4. The van der Waals surface area contributed by atoms with Crippen molar-refractivity contribution < 1.29 is 18.0 Å². The van der Waals surface area contributed by atoms with E-state index in [-0.39, 0.29) is 15.7 Å². The summed E-state index contributed by atoms with van der Waals surface area (Å²) in [5.41, 5.74) is 1.81. The minimum atomic E-state index is -4.57. The van der Waals surface area contributed by atoms with Crippen molar-refractivity contribution in [3.05, 3.63) is 27.7 Å². The Kier molecular flexibility index (Phi) is 4.55. The summed E-state index contributed by atoms with van der Waals surface area (Å²) < 4.78 is 38.2. The molecule has 0 amide bonds. The van der Waals surface area contributed by atoms with Crippen LogP contribution in [0.5, 0.6) is 0 Å². The Morgan fingerprint density at radius 1 is 1.32 bits per heavy atom. The van der Waals surface area contributed by atoms with E-state index in [0.29, 0.717) is 12.1 Å². The third kappa shape index (κ3) is 2.86. The molecule has 0 aliphatic carbocycles. The quantitative estimate of drug-likeness (QED) is 0.847. The maximum absolute atomic E-state index is 12.7. The van der Waals surface area contributed by atoms with Crippen molar-refractivity contribution >= 4 is 41.0 Å². The van der Waals surface area contributed by atoms with E-state index in [2.05, 4.69) is 10.5 Å². The van der Waals surface area contributed by atoms with Crippen molar-refractivity contribution in [3.8, 4) is 0 Å². The minimum absolute atomic E-state index is 0.0329. The number of hydrazone groups is 1. The highest BCUT2D eigenvalue weighted by Crippen LogP contribution is 2.41. The first-order valence-corrected chi connectivity index (χ1v) is 6.79. The van der Waals surface area contributed by atoms with Crippen LogP contribution >= 0.6 is 23.2 Å². The first-order chi connectivity index (χ1) is 10.2. The molecule has 1 aliphatic heterocycles. The third-order valence-electron chi connectivity index (χ3n) is 3.05. The van der Waals surface area contributed by atoms with Gasteiger partial charge in [-0.15, -0.1) is 0 Å². The molecule has 120 valence electrons. The second kappa shape index (κ2) is 5.94. The summed E-state index contributed by atoms with van der Waals surface area (Å²) in [6.45, 7) is 1.62. The molecule has 1 atom stereocenters. The molecule has 1 heterocycles. The Balaban J connectivity index is 2.52. The van der Waals surface area contributed by atoms with Crippen molar-refractivity contribution in [3.63, 3.8) is 0 Å². The van der Waals surface area contributed by atoms with Crippen molar-refractivity contribution in [1.82, 2.24) is 10.4 Å².